The van der Waals surface area contributed by atoms with Crippen LogP contribution in [0.2, 0.25) is 0 Å². The highest BCUT2D eigenvalue weighted by molar-refractivity contribution is 6.02. The molecule has 0 radical (unpaired) electrons. The molecule has 0 saturated heterocycles. The van der Waals surface area contributed by atoms with Gasteiger partial charge in [0.05, 0.1) is 5.41 Å². The fraction of sp³-hybridized carbons (Fsp3) is 0.0909. The molecule has 6 rings (SSSR count). The fourth-order valence-electron chi connectivity index (χ4n) is 5.01. The van der Waals surface area contributed by atoms with Gasteiger partial charge in [0.2, 0.25) is 0 Å². The molecule has 1 aromatic heterocycles. The van der Waals surface area contributed by atoms with Gasteiger partial charge in [0.1, 0.15) is 6.26 Å². The zero-order valence-electron chi connectivity index (χ0n) is 13.0. The van der Waals surface area contributed by atoms with Gasteiger partial charge in [0.15, 0.2) is 5.88 Å². The van der Waals surface area contributed by atoms with Gasteiger partial charge in [-0.1, -0.05) is 60.7 Å². The van der Waals surface area contributed by atoms with Gasteiger partial charge in [-0.3, -0.25) is 0 Å². The first-order valence-electron chi connectivity index (χ1n) is 8.32. The van der Waals surface area contributed by atoms with Crippen molar-refractivity contribution in [2.24, 2.45) is 0 Å². The van der Waals surface area contributed by atoms with E-state index in [1.807, 2.05) is 6.26 Å². The van der Waals surface area contributed by atoms with Crippen LogP contribution in [0, 0.1) is 0 Å². The standard InChI is InChI=1S/C22H15NO/c23-21-20-16(12-24-21)15-7-2-4-10-18(15)22(20)17-9-3-1-6-13(17)14-8-5-11-19(14)22/h1-4,6-12H,5,23H2. The molecule has 3 aliphatic carbocycles. The van der Waals surface area contributed by atoms with Crippen molar-refractivity contribution in [3.63, 3.8) is 0 Å². The molecule has 114 valence electrons. The second-order valence-electron chi connectivity index (χ2n) is 6.70. The Bertz CT molecular complexity index is 1100. The number of benzene rings is 2. The minimum Gasteiger partial charge on any atom is -0.448 e. The van der Waals surface area contributed by atoms with Crippen LogP contribution in [0.5, 0.6) is 0 Å². The number of furan rings is 1. The largest absolute Gasteiger partial charge is 0.448 e. The van der Waals surface area contributed by atoms with Gasteiger partial charge < -0.3 is 10.2 Å². The van der Waals surface area contributed by atoms with Crippen molar-refractivity contribution in [2.75, 3.05) is 5.73 Å². The maximum Gasteiger partial charge on any atom is 0.195 e. The summed E-state index contributed by atoms with van der Waals surface area (Å²) in [5.74, 6) is 0.532. The average Bonchev–Trinajstić information content (AvgIpc) is 3.34. The molecule has 1 spiro atoms. The number of hydrogen-bond acceptors (Lipinski definition) is 2. The Balaban J connectivity index is 1.87. The Morgan fingerprint density at radius 2 is 1.54 bits per heavy atom. The van der Waals surface area contributed by atoms with E-state index in [-0.39, 0.29) is 5.41 Å². The molecule has 0 aliphatic heterocycles. The van der Waals surface area contributed by atoms with Crippen LogP contribution in [-0.2, 0) is 5.41 Å². The van der Waals surface area contributed by atoms with Crippen molar-refractivity contribution in [1.82, 2.24) is 0 Å². The molecule has 2 heteroatoms. The first kappa shape index (κ1) is 12.4. The van der Waals surface area contributed by atoms with Crippen molar-refractivity contribution in [3.05, 3.63) is 94.8 Å². The first-order valence-corrected chi connectivity index (χ1v) is 8.32. The summed E-state index contributed by atoms with van der Waals surface area (Å²) in [6.07, 6.45) is 7.49. The Kier molecular flexibility index (Phi) is 2.02. The number of allylic oxidation sites excluding steroid dienone is 4. The Hall–Kier alpha value is -3.00. The summed E-state index contributed by atoms with van der Waals surface area (Å²) < 4.78 is 5.68. The van der Waals surface area contributed by atoms with E-state index in [0.717, 1.165) is 17.5 Å². The first-order chi connectivity index (χ1) is 11.8. The van der Waals surface area contributed by atoms with Crippen molar-refractivity contribution in [3.8, 4) is 11.1 Å². The second-order valence-corrected chi connectivity index (χ2v) is 6.70. The van der Waals surface area contributed by atoms with E-state index < -0.39 is 0 Å². The van der Waals surface area contributed by atoms with E-state index in [9.17, 15) is 0 Å². The molecule has 1 atom stereocenters. The fourth-order valence-corrected chi connectivity index (χ4v) is 5.01. The van der Waals surface area contributed by atoms with Crippen LogP contribution in [0.1, 0.15) is 28.7 Å². The predicted octanol–water partition coefficient (Wildman–Crippen LogP) is 4.90. The van der Waals surface area contributed by atoms with Crippen LogP contribution < -0.4 is 5.73 Å². The molecule has 1 unspecified atom stereocenters. The van der Waals surface area contributed by atoms with Crippen LogP contribution >= 0.6 is 0 Å². The Labute approximate surface area is 139 Å². The van der Waals surface area contributed by atoms with E-state index in [2.05, 4.69) is 60.7 Å². The van der Waals surface area contributed by atoms with E-state index in [1.165, 1.54) is 33.4 Å². The van der Waals surface area contributed by atoms with Gasteiger partial charge in [-0.15, -0.1) is 0 Å². The monoisotopic (exact) mass is 309 g/mol. The zero-order valence-corrected chi connectivity index (χ0v) is 13.0. The highest BCUT2D eigenvalue weighted by Gasteiger charge is 2.55. The average molecular weight is 309 g/mol. The number of fused-ring (bicyclic) bond motifs is 10. The molecule has 2 aromatic carbocycles. The molecule has 2 N–H and O–H groups in total. The number of hydrogen-bond donors (Lipinski definition) is 1. The summed E-state index contributed by atoms with van der Waals surface area (Å²) in [7, 11) is 0. The molecule has 0 bridgehead atoms. The molecule has 2 nitrogen and oxygen atoms in total. The highest BCUT2D eigenvalue weighted by atomic mass is 16.3. The Morgan fingerprint density at radius 3 is 2.38 bits per heavy atom. The highest BCUT2D eigenvalue weighted by Crippen LogP contribution is 2.66. The summed E-state index contributed by atoms with van der Waals surface area (Å²) in [4.78, 5) is 0. The van der Waals surface area contributed by atoms with Crippen LogP contribution in [0.25, 0.3) is 16.7 Å². The van der Waals surface area contributed by atoms with Gasteiger partial charge >= 0.3 is 0 Å². The normalized spacial score (nSPS) is 22.0. The number of nitrogen functional groups attached to an aromatic ring is 1. The third-order valence-electron chi connectivity index (χ3n) is 5.78. The van der Waals surface area contributed by atoms with Gasteiger partial charge in [0, 0.05) is 11.1 Å². The Morgan fingerprint density at radius 1 is 0.833 bits per heavy atom. The van der Waals surface area contributed by atoms with Crippen LogP contribution in [0.15, 0.2) is 76.9 Å². The van der Waals surface area contributed by atoms with Crippen LogP contribution in [0.4, 0.5) is 5.88 Å². The summed E-state index contributed by atoms with van der Waals surface area (Å²) in [6.45, 7) is 0. The number of anilines is 1. The quantitative estimate of drug-likeness (QED) is 0.641. The lowest BCUT2D eigenvalue weighted by atomic mass is 9.71. The second kappa shape index (κ2) is 3.90. The molecular formula is C22H15NO. The van der Waals surface area contributed by atoms with Crippen LogP contribution in [0.3, 0.4) is 0 Å². The summed E-state index contributed by atoms with van der Waals surface area (Å²) in [6, 6.07) is 17.4. The van der Waals surface area contributed by atoms with E-state index in [0.29, 0.717) is 5.88 Å². The molecular weight excluding hydrogens is 294 g/mol. The number of rotatable bonds is 0. The van der Waals surface area contributed by atoms with E-state index in [4.69, 9.17) is 10.2 Å². The maximum absolute atomic E-state index is 6.35. The van der Waals surface area contributed by atoms with Crippen molar-refractivity contribution in [2.45, 2.75) is 11.8 Å². The van der Waals surface area contributed by atoms with Crippen LogP contribution in [-0.4, -0.2) is 0 Å². The minimum atomic E-state index is -0.318. The van der Waals surface area contributed by atoms with E-state index >= 15 is 0 Å². The zero-order chi connectivity index (χ0) is 15.9. The maximum atomic E-state index is 6.35. The lowest BCUT2D eigenvalue weighted by Crippen LogP contribution is -2.26. The minimum absolute atomic E-state index is 0.318. The summed E-state index contributed by atoms with van der Waals surface area (Å²) >= 11 is 0. The third kappa shape index (κ3) is 1.12. The smallest absolute Gasteiger partial charge is 0.195 e. The lowest BCUT2D eigenvalue weighted by molar-refractivity contribution is 0.580. The number of nitrogens with two attached hydrogens (primary N) is 1. The molecule has 3 aliphatic rings. The molecule has 0 saturated carbocycles. The van der Waals surface area contributed by atoms with Crippen molar-refractivity contribution >= 4 is 11.5 Å². The predicted molar refractivity (Wildman–Crippen MR) is 95.6 cm³/mol. The van der Waals surface area contributed by atoms with Crippen molar-refractivity contribution in [1.29, 1.82) is 0 Å². The van der Waals surface area contributed by atoms with Gasteiger partial charge in [-0.2, -0.15) is 0 Å². The third-order valence-corrected chi connectivity index (χ3v) is 5.78. The molecule has 24 heavy (non-hydrogen) atoms. The molecule has 0 fully saturated rings. The van der Waals surface area contributed by atoms with Crippen molar-refractivity contribution < 1.29 is 4.42 Å². The summed E-state index contributed by atoms with van der Waals surface area (Å²) in [5.41, 5.74) is 16.2. The van der Waals surface area contributed by atoms with Gasteiger partial charge in [-0.05, 0) is 39.8 Å². The topological polar surface area (TPSA) is 39.2 Å². The van der Waals surface area contributed by atoms with E-state index in [1.54, 1.807) is 0 Å². The molecule has 0 amide bonds. The SMILES string of the molecule is Nc1occ2c1C1(C3=CCC=C3c3ccccc31)c1ccccc1-2. The molecule has 1 heterocycles. The molecule has 3 aromatic rings. The van der Waals surface area contributed by atoms with Gasteiger partial charge in [-0.25, -0.2) is 0 Å². The summed E-state index contributed by atoms with van der Waals surface area (Å²) in [5, 5.41) is 0. The lowest BCUT2D eigenvalue weighted by Gasteiger charge is -2.29. The van der Waals surface area contributed by atoms with Gasteiger partial charge in [0.25, 0.3) is 0 Å².